The van der Waals surface area contributed by atoms with Crippen molar-refractivity contribution in [3.8, 4) is 0 Å². The van der Waals surface area contributed by atoms with Crippen LogP contribution in [0.15, 0.2) is 51.6 Å². The van der Waals surface area contributed by atoms with Gasteiger partial charge in [0, 0.05) is 10.5 Å². The fourth-order valence-electron chi connectivity index (χ4n) is 1.99. The van der Waals surface area contributed by atoms with Crippen molar-refractivity contribution in [2.75, 3.05) is 7.11 Å². The van der Waals surface area contributed by atoms with Gasteiger partial charge in [0.1, 0.15) is 0 Å². The number of ether oxygens (including phenoxy) is 1. The van der Waals surface area contributed by atoms with E-state index in [1.165, 1.54) is 13.2 Å². The first-order valence-electron chi connectivity index (χ1n) is 6.91. The summed E-state index contributed by atoms with van der Waals surface area (Å²) in [6.45, 7) is 0. The van der Waals surface area contributed by atoms with E-state index in [0.29, 0.717) is 0 Å². The van der Waals surface area contributed by atoms with Gasteiger partial charge in [0.05, 0.1) is 19.6 Å². The highest BCUT2D eigenvalue weighted by Crippen LogP contribution is 2.21. The molecule has 0 aliphatic carbocycles. The Morgan fingerprint density at radius 3 is 2.87 bits per heavy atom. The average Bonchev–Trinajstić information content (AvgIpc) is 3.05. The number of thiophene rings is 1. The smallest absolute Gasteiger partial charge is 0.307 e. The lowest BCUT2D eigenvalue weighted by atomic mass is 10.0. The minimum atomic E-state index is -0.445. The lowest BCUT2D eigenvalue weighted by molar-refractivity contribution is -0.141. The lowest BCUT2D eigenvalue weighted by Gasteiger charge is -2.17. The second kappa shape index (κ2) is 8.64. The molecule has 2 aromatic rings. The summed E-state index contributed by atoms with van der Waals surface area (Å²) in [5.74, 6) is -0.637. The Balaban J connectivity index is 2.10. The van der Waals surface area contributed by atoms with Crippen molar-refractivity contribution in [1.82, 2.24) is 5.32 Å². The molecule has 0 fully saturated rings. The van der Waals surface area contributed by atoms with Gasteiger partial charge in [0.2, 0.25) is 5.91 Å². The fraction of sp³-hybridized carbons (Fsp3) is 0.176. The van der Waals surface area contributed by atoms with Gasteiger partial charge in [-0.25, -0.2) is 0 Å². The molecular formula is C17H16BrNO3S. The Morgan fingerprint density at radius 1 is 1.39 bits per heavy atom. The maximum absolute atomic E-state index is 12.1. The van der Waals surface area contributed by atoms with Crippen LogP contribution in [0, 0.1) is 0 Å². The molecule has 2 rings (SSSR count). The molecule has 1 atom stereocenters. The van der Waals surface area contributed by atoms with Crippen LogP contribution in [0.3, 0.4) is 0 Å². The van der Waals surface area contributed by atoms with E-state index < -0.39 is 6.04 Å². The molecule has 1 heterocycles. The number of amides is 1. The van der Waals surface area contributed by atoms with Gasteiger partial charge in [-0.15, -0.1) is 0 Å². The normalized spacial score (nSPS) is 12.1. The van der Waals surface area contributed by atoms with Crippen LogP contribution in [0.1, 0.15) is 23.6 Å². The summed E-state index contributed by atoms with van der Waals surface area (Å²) < 4.78 is 5.60. The van der Waals surface area contributed by atoms with Crippen LogP contribution in [0.4, 0.5) is 0 Å². The third-order valence-corrected chi connectivity index (χ3v) is 4.33. The maximum atomic E-state index is 12.1. The van der Waals surface area contributed by atoms with Gasteiger partial charge >= 0.3 is 5.97 Å². The zero-order valence-corrected chi connectivity index (χ0v) is 14.9. The van der Waals surface area contributed by atoms with Crippen molar-refractivity contribution in [3.63, 3.8) is 0 Å². The minimum absolute atomic E-state index is 0.0744. The van der Waals surface area contributed by atoms with Crippen molar-refractivity contribution >= 4 is 45.2 Å². The van der Waals surface area contributed by atoms with Gasteiger partial charge in [-0.05, 0) is 46.2 Å². The largest absolute Gasteiger partial charge is 0.469 e. The molecule has 6 heteroatoms. The Morgan fingerprint density at radius 2 is 2.22 bits per heavy atom. The van der Waals surface area contributed by atoms with E-state index in [0.717, 1.165) is 15.6 Å². The van der Waals surface area contributed by atoms with Gasteiger partial charge in [-0.2, -0.15) is 11.3 Å². The standard InChI is InChI=1S/C17H16BrNO3S/c1-22-17(21)10-15(13-3-2-4-14(18)9-13)19-16(20)6-5-12-7-8-23-11-12/h2-9,11,15H,10H2,1H3,(H,19,20)/b6-5+. The maximum Gasteiger partial charge on any atom is 0.307 e. The molecule has 0 saturated heterocycles. The summed E-state index contributed by atoms with van der Waals surface area (Å²) >= 11 is 4.96. The number of benzene rings is 1. The van der Waals surface area contributed by atoms with Crippen LogP contribution in [0.25, 0.3) is 6.08 Å². The number of hydrogen-bond donors (Lipinski definition) is 1. The molecule has 1 aromatic heterocycles. The zero-order chi connectivity index (χ0) is 16.7. The van der Waals surface area contributed by atoms with Crippen LogP contribution < -0.4 is 5.32 Å². The Bertz CT molecular complexity index is 698. The predicted octanol–water partition coefficient (Wildman–Crippen LogP) is 3.94. The van der Waals surface area contributed by atoms with Crippen molar-refractivity contribution in [3.05, 3.63) is 62.8 Å². The first-order chi connectivity index (χ1) is 11.1. The van der Waals surface area contributed by atoms with Crippen LogP contribution >= 0.6 is 27.3 Å². The van der Waals surface area contributed by atoms with Crippen molar-refractivity contribution in [2.45, 2.75) is 12.5 Å². The van der Waals surface area contributed by atoms with Gasteiger partial charge in [0.15, 0.2) is 0 Å². The predicted molar refractivity (Wildman–Crippen MR) is 95.0 cm³/mol. The number of nitrogens with one attached hydrogen (secondary N) is 1. The Hall–Kier alpha value is -1.92. The SMILES string of the molecule is COC(=O)CC(NC(=O)/C=C/c1ccsc1)c1cccc(Br)c1. The van der Waals surface area contributed by atoms with E-state index >= 15 is 0 Å². The molecule has 1 amide bonds. The first-order valence-corrected chi connectivity index (χ1v) is 8.65. The van der Waals surface area contributed by atoms with Crippen LogP contribution in [0.2, 0.25) is 0 Å². The summed E-state index contributed by atoms with van der Waals surface area (Å²) in [6, 6.07) is 8.96. The Kier molecular flexibility index (Phi) is 6.55. The molecule has 0 spiro atoms. The summed E-state index contributed by atoms with van der Waals surface area (Å²) in [6.07, 6.45) is 3.28. The molecule has 1 aromatic carbocycles. The number of methoxy groups -OCH3 is 1. The quantitative estimate of drug-likeness (QED) is 0.597. The fourth-order valence-corrected chi connectivity index (χ4v) is 3.03. The summed E-state index contributed by atoms with van der Waals surface area (Å²) in [5.41, 5.74) is 1.80. The highest BCUT2D eigenvalue weighted by molar-refractivity contribution is 9.10. The number of halogens is 1. The highest BCUT2D eigenvalue weighted by atomic mass is 79.9. The number of hydrogen-bond acceptors (Lipinski definition) is 4. The number of carbonyl (C=O) groups excluding carboxylic acids is 2. The zero-order valence-electron chi connectivity index (χ0n) is 12.5. The van der Waals surface area contributed by atoms with E-state index in [2.05, 4.69) is 21.2 Å². The topological polar surface area (TPSA) is 55.4 Å². The molecule has 0 radical (unpaired) electrons. The van der Waals surface area contributed by atoms with E-state index in [9.17, 15) is 9.59 Å². The van der Waals surface area contributed by atoms with Crippen LogP contribution in [-0.2, 0) is 14.3 Å². The van der Waals surface area contributed by atoms with Gasteiger partial charge in [-0.1, -0.05) is 28.1 Å². The molecule has 0 aliphatic rings. The monoisotopic (exact) mass is 393 g/mol. The third-order valence-electron chi connectivity index (χ3n) is 3.14. The van der Waals surface area contributed by atoms with Crippen molar-refractivity contribution in [2.24, 2.45) is 0 Å². The molecule has 0 saturated carbocycles. The first kappa shape index (κ1) is 17.4. The third kappa shape index (κ3) is 5.65. The molecule has 0 bridgehead atoms. The van der Waals surface area contributed by atoms with Gasteiger partial charge < -0.3 is 10.1 Å². The molecule has 4 nitrogen and oxygen atoms in total. The molecule has 0 aliphatic heterocycles. The second-order valence-electron chi connectivity index (χ2n) is 4.79. The molecule has 1 unspecified atom stereocenters. The van der Waals surface area contributed by atoms with Gasteiger partial charge in [-0.3, -0.25) is 9.59 Å². The molecular weight excluding hydrogens is 378 g/mol. The lowest BCUT2D eigenvalue weighted by Crippen LogP contribution is -2.29. The summed E-state index contributed by atoms with van der Waals surface area (Å²) in [7, 11) is 1.33. The average molecular weight is 394 g/mol. The van der Waals surface area contributed by atoms with Gasteiger partial charge in [0.25, 0.3) is 0 Å². The van der Waals surface area contributed by atoms with E-state index in [1.807, 2.05) is 41.1 Å². The van der Waals surface area contributed by atoms with Crippen LogP contribution in [-0.4, -0.2) is 19.0 Å². The number of esters is 1. The van der Waals surface area contributed by atoms with Crippen molar-refractivity contribution in [1.29, 1.82) is 0 Å². The molecule has 23 heavy (non-hydrogen) atoms. The van der Waals surface area contributed by atoms with E-state index in [-0.39, 0.29) is 18.3 Å². The number of carbonyl (C=O) groups is 2. The highest BCUT2D eigenvalue weighted by Gasteiger charge is 2.18. The second-order valence-corrected chi connectivity index (χ2v) is 6.48. The van der Waals surface area contributed by atoms with E-state index in [4.69, 9.17) is 4.74 Å². The minimum Gasteiger partial charge on any atom is -0.469 e. The van der Waals surface area contributed by atoms with E-state index in [1.54, 1.807) is 17.4 Å². The summed E-state index contributed by atoms with van der Waals surface area (Å²) in [4.78, 5) is 23.7. The molecule has 1 N–H and O–H groups in total. The van der Waals surface area contributed by atoms with Crippen LogP contribution in [0.5, 0.6) is 0 Å². The van der Waals surface area contributed by atoms with Crippen molar-refractivity contribution < 1.29 is 14.3 Å². The molecule has 120 valence electrons. The summed E-state index contributed by atoms with van der Waals surface area (Å²) in [5, 5.41) is 6.74. The number of rotatable bonds is 6. The Labute approximate surface area is 147 Å².